The standard InChI is InChI=1S/C22H15Cl2N3O2/c23-14-9-10-17(18(24)12-14)19-20(26-15-6-2-1-3-7-15)22(29)27(21(19)28)13-16-8-4-5-11-25-16/h1-12,26H,13H2. The summed E-state index contributed by atoms with van der Waals surface area (Å²) < 4.78 is 0. The van der Waals surface area contributed by atoms with Gasteiger partial charge in [0.1, 0.15) is 5.70 Å². The number of nitrogens with one attached hydrogen (secondary N) is 1. The number of hydrogen-bond acceptors (Lipinski definition) is 4. The zero-order valence-corrected chi connectivity index (χ0v) is 16.6. The molecule has 7 heteroatoms. The number of carbonyl (C=O) groups excluding carboxylic acids is 2. The number of pyridine rings is 1. The molecule has 0 spiro atoms. The van der Waals surface area contributed by atoms with Crippen LogP contribution in [0, 0.1) is 0 Å². The molecule has 0 atom stereocenters. The van der Waals surface area contributed by atoms with Gasteiger partial charge in [-0.25, -0.2) is 0 Å². The second-order valence-electron chi connectivity index (χ2n) is 6.38. The minimum atomic E-state index is -0.441. The van der Waals surface area contributed by atoms with Crippen molar-refractivity contribution in [3.05, 3.63) is 99.9 Å². The fourth-order valence-corrected chi connectivity index (χ4v) is 3.60. The number of rotatable bonds is 5. The van der Waals surface area contributed by atoms with Crippen molar-refractivity contribution in [2.75, 3.05) is 5.32 Å². The molecule has 2 aromatic carbocycles. The third-order valence-electron chi connectivity index (χ3n) is 4.46. The minimum absolute atomic E-state index is 0.0627. The lowest BCUT2D eigenvalue weighted by Crippen LogP contribution is -2.32. The summed E-state index contributed by atoms with van der Waals surface area (Å²) in [6.07, 6.45) is 1.62. The Labute approximate surface area is 177 Å². The average molecular weight is 424 g/mol. The van der Waals surface area contributed by atoms with E-state index >= 15 is 0 Å². The van der Waals surface area contributed by atoms with E-state index in [1.165, 1.54) is 0 Å². The van der Waals surface area contributed by atoms with Gasteiger partial charge in [-0.1, -0.05) is 53.5 Å². The van der Waals surface area contributed by atoms with Crippen LogP contribution in [0.3, 0.4) is 0 Å². The Morgan fingerprint density at radius 3 is 2.34 bits per heavy atom. The van der Waals surface area contributed by atoms with Crippen LogP contribution in [0.2, 0.25) is 10.0 Å². The monoisotopic (exact) mass is 423 g/mol. The van der Waals surface area contributed by atoms with Crippen LogP contribution in [0.1, 0.15) is 11.3 Å². The molecule has 0 saturated carbocycles. The van der Waals surface area contributed by atoms with E-state index in [4.69, 9.17) is 23.2 Å². The van der Waals surface area contributed by atoms with E-state index in [9.17, 15) is 9.59 Å². The molecule has 0 aliphatic carbocycles. The molecule has 0 unspecified atom stereocenters. The Hall–Kier alpha value is -3.15. The first-order valence-corrected chi connectivity index (χ1v) is 9.58. The topological polar surface area (TPSA) is 62.3 Å². The van der Waals surface area contributed by atoms with E-state index in [2.05, 4.69) is 10.3 Å². The molecule has 3 aromatic rings. The second-order valence-corrected chi connectivity index (χ2v) is 7.23. The molecular weight excluding hydrogens is 409 g/mol. The fraction of sp³-hybridized carbons (Fsp3) is 0.0455. The highest BCUT2D eigenvalue weighted by Crippen LogP contribution is 2.35. The molecule has 1 aliphatic heterocycles. The first kappa shape index (κ1) is 19.2. The SMILES string of the molecule is O=C1C(Nc2ccccc2)=C(c2ccc(Cl)cc2Cl)C(=O)N1Cc1ccccn1. The summed E-state index contributed by atoms with van der Waals surface area (Å²) in [5.74, 6) is -0.881. The first-order valence-electron chi connectivity index (χ1n) is 8.82. The zero-order chi connectivity index (χ0) is 20.4. The Bertz CT molecular complexity index is 1120. The Morgan fingerprint density at radius 1 is 0.897 bits per heavy atom. The molecule has 0 radical (unpaired) electrons. The zero-order valence-electron chi connectivity index (χ0n) is 15.1. The molecule has 0 bridgehead atoms. The lowest BCUT2D eigenvalue weighted by atomic mass is 10.0. The summed E-state index contributed by atoms with van der Waals surface area (Å²) in [7, 11) is 0. The van der Waals surface area contributed by atoms with Crippen LogP contribution in [0.25, 0.3) is 5.57 Å². The number of carbonyl (C=O) groups is 2. The number of para-hydroxylation sites is 1. The Morgan fingerprint density at radius 2 is 1.66 bits per heavy atom. The second kappa shape index (κ2) is 8.07. The largest absolute Gasteiger partial charge is 0.350 e. The molecule has 144 valence electrons. The molecule has 5 nitrogen and oxygen atoms in total. The van der Waals surface area contributed by atoms with Gasteiger partial charge in [0.15, 0.2) is 0 Å². The smallest absolute Gasteiger partial charge is 0.278 e. The van der Waals surface area contributed by atoms with Gasteiger partial charge in [-0.2, -0.15) is 0 Å². The molecule has 29 heavy (non-hydrogen) atoms. The van der Waals surface area contributed by atoms with Crippen LogP contribution in [-0.2, 0) is 16.1 Å². The molecule has 4 rings (SSSR count). The highest BCUT2D eigenvalue weighted by Gasteiger charge is 2.40. The maximum Gasteiger partial charge on any atom is 0.278 e. The normalized spacial score (nSPS) is 13.9. The number of benzene rings is 2. The number of nitrogens with zero attached hydrogens (tertiary/aromatic N) is 2. The summed E-state index contributed by atoms with van der Waals surface area (Å²) in [6, 6.07) is 19.3. The molecule has 1 aliphatic rings. The third-order valence-corrected chi connectivity index (χ3v) is 5.01. The van der Waals surface area contributed by atoms with Crippen LogP contribution in [0.15, 0.2) is 78.6 Å². The van der Waals surface area contributed by atoms with Crippen molar-refractivity contribution in [1.82, 2.24) is 9.88 Å². The van der Waals surface area contributed by atoms with Gasteiger partial charge in [0.05, 0.1) is 22.8 Å². The predicted octanol–water partition coefficient (Wildman–Crippen LogP) is 4.78. The number of halogens is 2. The van der Waals surface area contributed by atoms with Gasteiger partial charge in [0.2, 0.25) is 0 Å². The van der Waals surface area contributed by atoms with Gasteiger partial charge in [0, 0.05) is 22.5 Å². The van der Waals surface area contributed by atoms with E-state index in [1.807, 2.05) is 30.3 Å². The van der Waals surface area contributed by atoms with Crippen LogP contribution in [-0.4, -0.2) is 21.7 Å². The lowest BCUT2D eigenvalue weighted by molar-refractivity contribution is -0.137. The van der Waals surface area contributed by atoms with E-state index in [0.717, 1.165) is 4.90 Å². The van der Waals surface area contributed by atoms with Gasteiger partial charge in [-0.15, -0.1) is 0 Å². The summed E-state index contributed by atoms with van der Waals surface area (Å²) in [4.78, 5) is 31.8. The Balaban J connectivity index is 1.78. The highest BCUT2D eigenvalue weighted by atomic mass is 35.5. The highest BCUT2D eigenvalue weighted by molar-refractivity contribution is 6.41. The van der Waals surface area contributed by atoms with Crippen LogP contribution in [0.4, 0.5) is 5.69 Å². The molecule has 0 saturated heterocycles. The van der Waals surface area contributed by atoms with Crippen molar-refractivity contribution in [1.29, 1.82) is 0 Å². The summed E-state index contributed by atoms with van der Waals surface area (Å²) in [5.41, 5.74) is 2.11. The molecule has 1 aromatic heterocycles. The maximum atomic E-state index is 13.2. The quantitative estimate of drug-likeness (QED) is 0.599. The minimum Gasteiger partial charge on any atom is -0.350 e. The molecular formula is C22H15Cl2N3O2. The van der Waals surface area contributed by atoms with Gasteiger partial charge >= 0.3 is 0 Å². The van der Waals surface area contributed by atoms with E-state index in [0.29, 0.717) is 27.0 Å². The van der Waals surface area contributed by atoms with Crippen molar-refractivity contribution in [2.24, 2.45) is 0 Å². The van der Waals surface area contributed by atoms with E-state index in [1.54, 1.807) is 42.6 Å². The van der Waals surface area contributed by atoms with Gasteiger partial charge in [0.25, 0.3) is 11.8 Å². The van der Waals surface area contributed by atoms with Crippen molar-refractivity contribution in [2.45, 2.75) is 6.54 Å². The summed E-state index contributed by atoms with van der Waals surface area (Å²) in [6.45, 7) is 0.0627. The number of imide groups is 1. The number of hydrogen-bond donors (Lipinski definition) is 1. The van der Waals surface area contributed by atoms with Crippen LogP contribution in [0.5, 0.6) is 0 Å². The predicted molar refractivity (Wildman–Crippen MR) is 113 cm³/mol. The summed E-state index contributed by atoms with van der Waals surface area (Å²) in [5, 5.41) is 3.82. The van der Waals surface area contributed by atoms with Crippen molar-refractivity contribution >= 4 is 46.3 Å². The van der Waals surface area contributed by atoms with Gasteiger partial charge in [-0.3, -0.25) is 19.5 Å². The lowest BCUT2D eigenvalue weighted by Gasteiger charge is -2.15. The van der Waals surface area contributed by atoms with Crippen LogP contribution >= 0.6 is 23.2 Å². The molecule has 0 fully saturated rings. The van der Waals surface area contributed by atoms with Crippen molar-refractivity contribution in [3.63, 3.8) is 0 Å². The maximum absolute atomic E-state index is 13.2. The van der Waals surface area contributed by atoms with Gasteiger partial charge in [-0.05, 0) is 36.4 Å². The average Bonchev–Trinajstić information content (AvgIpc) is 2.94. The third kappa shape index (κ3) is 3.88. The molecule has 2 heterocycles. The first-order chi connectivity index (χ1) is 14.0. The van der Waals surface area contributed by atoms with E-state index < -0.39 is 11.8 Å². The molecule has 2 amide bonds. The van der Waals surface area contributed by atoms with E-state index in [-0.39, 0.29) is 17.8 Å². The Kier molecular flexibility index (Phi) is 5.34. The molecule has 1 N–H and O–H groups in total. The number of anilines is 1. The van der Waals surface area contributed by atoms with Gasteiger partial charge < -0.3 is 5.32 Å². The van der Waals surface area contributed by atoms with Crippen molar-refractivity contribution < 1.29 is 9.59 Å². The summed E-state index contributed by atoms with van der Waals surface area (Å²) >= 11 is 12.4. The van der Waals surface area contributed by atoms with Crippen LogP contribution < -0.4 is 5.32 Å². The number of aromatic nitrogens is 1. The number of amides is 2. The fourth-order valence-electron chi connectivity index (χ4n) is 3.10. The van der Waals surface area contributed by atoms with Crippen molar-refractivity contribution in [3.8, 4) is 0 Å².